The molecule has 2 unspecified atom stereocenters. The van der Waals surface area contributed by atoms with Crippen LogP contribution in [0.5, 0.6) is 0 Å². The van der Waals surface area contributed by atoms with Gasteiger partial charge in [0.1, 0.15) is 5.82 Å². The van der Waals surface area contributed by atoms with E-state index in [9.17, 15) is 0 Å². The van der Waals surface area contributed by atoms with Crippen LogP contribution in [0.15, 0.2) is 12.3 Å². The van der Waals surface area contributed by atoms with E-state index >= 15 is 0 Å². The van der Waals surface area contributed by atoms with Gasteiger partial charge in [-0.3, -0.25) is 0 Å². The molecule has 106 valence electrons. The highest BCUT2D eigenvalue weighted by atomic mass is 32.2. The molecule has 0 saturated heterocycles. The summed E-state index contributed by atoms with van der Waals surface area (Å²) in [7, 11) is 0. The van der Waals surface area contributed by atoms with Gasteiger partial charge >= 0.3 is 0 Å². The number of thioether (sulfide) groups is 1. The molecule has 0 aromatic carbocycles. The van der Waals surface area contributed by atoms with Crippen LogP contribution >= 0.6 is 11.8 Å². The number of nitrogens with zero attached hydrogens (tertiary/aromatic N) is 2. The minimum absolute atomic E-state index is 0.568. The summed E-state index contributed by atoms with van der Waals surface area (Å²) in [6.07, 6.45) is 6.72. The largest absolute Gasteiger partial charge is 0.367 e. The van der Waals surface area contributed by atoms with Crippen molar-refractivity contribution in [2.45, 2.75) is 50.8 Å². The molecule has 2 atom stereocenters. The van der Waals surface area contributed by atoms with E-state index < -0.39 is 0 Å². The van der Waals surface area contributed by atoms with Crippen LogP contribution in [-0.4, -0.2) is 33.6 Å². The van der Waals surface area contributed by atoms with Gasteiger partial charge in [0.05, 0.1) is 0 Å². The molecule has 2 N–H and O–H groups in total. The van der Waals surface area contributed by atoms with Gasteiger partial charge in [0, 0.05) is 24.0 Å². The van der Waals surface area contributed by atoms with Gasteiger partial charge in [-0.1, -0.05) is 13.8 Å². The summed E-state index contributed by atoms with van der Waals surface area (Å²) in [6, 6.07) is 2.52. The van der Waals surface area contributed by atoms with Crippen molar-refractivity contribution in [1.29, 1.82) is 0 Å². The Labute approximate surface area is 120 Å². The summed E-state index contributed by atoms with van der Waals surface area (Å²) in [5, 5.41) is 7.59. The zero-order valence-corrected chi connectivity index (χ0v) is 12.7. The van der Waals surface area contributed by atoms with Gasteiger partial charge in [-0.15, -0.1) is 0 Å². The van der Waals surface area contributed by atoms with Crippen molar-refractivity contribution in [3.63, 3.8) is 0 Å². The fraction of sp³-hybridized carbons (Fsp3) is 0.714. The molecule has 19 heavy (non-hydrogen) atoms. The van der Waals surface area contributed by atoms with Gasteiger partial charge in [-0.2, -0.15) is 16.7 Å². The zero-order valence-electron chi connectivity index (χ0n) is 11.9. The Bertz CT molecular complexity index is 385. The molecular formula is C14H24N4S. The molecule has 1 aromatic heterocycles. The third-order valence-corrected chi connectivity index (χ3v) is 4.56. The van der Waals surface area contributed by atoms with Crippen LogP contribution in [-0.2, 0) is 0 Å². The van der Waals surface area contributed by atoms with Crippen LogP contribution < -0.4 is 10.6 Å². The van der Waals surface area contributed by atoms with Gasteiger partial charge in [-0.05, 0) is 37.5 Å². The normalized spacial score (nSPS) is 22.4. The second-order valence-corrected chi connectivity index (χ2v) is 6.50. The number of rotatable bonds is 7. The molecule has 1 aliphatic carbocycles. The lowest BCUT2D eigenvalue weighted by Gasteiger charge is -2.14. The number of hydrogen-bond acceptors (Lipinski definition) is 5. The molecule has 1 aliphatic rings. The lowest BCUT2D eigenvalue weighted by molar-refractivity contribution is 0.751. The van der Waals surface area contributed by atoms with Crippen LogP contribution in [0.2, 0.25) is 0 Å². The molecule has 1 saturated carbocycles. The molecule has 1 fully saturated rings. The maximum absolute atomic E-state index is 4.50. The summed E-state index contributed by atoms with van der Waals surface area (Å²) in [5.41, 5.74) is 0. The third-order valence-electron chi connectivity index (χ3n) is 3.33. The van der Waals surface area contributed by atoms with Crippen LogP contribution in [0.25, 0.3) is 0 Å². The summed E-state index contributed by atoms with van der Waals surface area (Å²) < 4.78 is 0. The van der Waals surface area contributed by atoms with Crippen molar-refractivity contribution < 1.29 is 0 Å². The van der Waals surface area contributed by atoms with Gasteiger partial charge in [0.25, 0.3) is 0 Å². The Morgan fingerprint density at radius 3 is 3.05 bits per heavy atom. The number of hydrogen-bond donors (Lipinski definition) is 2. The SMILES string of the molecule is CCCNc1nccc(NC2CCC(SCC)C2)n1. The highest BCUT2D eigenvalue weighted by Crippen LogP contribution is 2.31. The van der Waals surface area contributed by atoms with Crippen LogP contribution in [0.3, 0.4) is 0 Å². The first-order chi connectivity index (χ1) is 9.31. The van der Waals surface area contributed by atoms with Crippen LogP contribution in [0, 0.1) is 0 Å². The molecule has 0 spiro atoms. The molecule has 0 bridgehead atoms. The molecule has 1 heterocycles. The quantitative estimate of drug-likeness (QED) is 0.802. The Kier molecular flexibility index (Phi) is 5.76. The second kappa shape index (κ2) is 7.58. The number of anilines is 2. The second-order valence-electron chi connectivity index (χ2n) is 4.92. The van der Waals surface area contributed by atoms with Crippen LogP contribution in [0.1, 0.15) is 39.5 Å². The van der Waals surface area contributed by atoms with Gasteiger partial charge in [0.2, 0.25) is 5.95 Å². The van der Waals surface area contributed by atoms with Crippen molar-refractivity contribution in [3.8, 4) is 0 Å². The molecular weight excluding hydrogens is 256 g/mol. The molecule has 4 nitrogen and oxygen atoms in total. The van der Waals surface area contributed by atoms with Gasteiger partial charge in [-0.25, -0.2) is 4.98 Å². The van der Waals surface area contributed by atoms with E-state index in [0.29, 0.717) is 6.04 Å². The highest BCUT2D eigenvalue weighted by molar-refractivity contribution is 7.99. The van der Waals surface area contributed by atoms with Crippen molar-refractivity contribution in [2.24, 2.45) is 0 Å². The summed E-state index contributed by atoms with van der Waals surface area (Å²) >= 11 is 2.08. The molecule has 0 aliphatic heterocycles. The maximum atomic E-state index is 4.50. The first-order valence-corrected chi connectivity index (χ1v) is 8.31. The smallest absolute Gasteiger partial charge is 0.224 e. The summed E-state index contributed by atoms with van der Waals surface area (Å²) in [4.78, 5) is 8.73. The first kappa shape index (κ1) is 14.4. The average Bonchev–Trinajstić information content (AvgIpc) is 2.85. The standard InChI is InChI=1S/C14H24N4S/c1-3-8-15-14-16-9-7-13(18-14)17-11-5-6-12(10-11)19-4-2/h7,9,11-12H,3-6,8,10H2,1-2H3,(H2,15,16,17,18). The van der Waals surface area contributed by atoms with Crippen LogP contribution in [0.4, 0.5) is 11.8 Å². The molecule has 0 radical (unpaired) electrons. The predicted molar refractivity (Wildman–Crippen MR) is 84.0 cm³/mol. The van der Waals surface area contributed by atoms with E-state index in [1.54, 1.807) is 0 Å². The Balaban J connectivity index is 1.85. The predicted octanol–water partition coefficient (Wildman–Crippen LogP) is 3.38. The van der Waals surface area contributed by atoms with Crippen molar-refractivity contribution >= 4 is 23.5 Å². The van der Waals surface area contributed by atoms with E-state index in [4.69, 9.17) is 0 Å². The minimum atomic E-state index is 0.568. The third kappa shape index (κ3) is 4.56. The Morgan fingerprint density at radius 2 is 2.26 bits per heavy atom. The Hall–Kier alpha value is -0.970. The van der Waals surface area contributed by atoms with Crippen molar-refractivity contribution in [2.75, 3.05) is 22.9 Å². The fourth-order valence-corrected chi connectivity index (χ4v) is 3.57. The topological polar surface area (TPSA) is 49.8 Å². The first-order valence-electron chi connectivity index (χ1n) is 7.26. The van der Waals surface area contributed by atoms with Gasteiger partial charge < -0.3 is 10.6 Å². The molecule has 5 heteroatoms. The molecule has 1 aromatic rings. The molecule has 2 rings (SSSR count). The van der Waals surface area contributed by atoms with E-state index in [-0.39, 0.29) is 0 Å². The minimum Gasteiger partial charge on any atom is -0.367 e. The van der Waals surface area contributed by atoms with Crippen molar-refractivity contribution in [1.82, 2.24) is 9.97 Å². The lowest BCUT2D eigenvalue weighted by atomic mass is 10.2. The van der Waals surface area contributed by atoms with E-state index in [0.717, 1.165) is 30.0 Å². The van der Waals surface area contributed by atoms with E-state index in [2.05, 4.69) is 46.2 Å². The Morgan fingerprint density at radius 1 is 1.37 bits per heavy atom. The molecule has 0 amide bonds. The fourth-order valence-electron chi connectivity index (χ4n) is 2.43. The monoisotopic (exact) mass is 280 g/mol. The van der Waals surface area contributed by atoms with Gasteiger partial charge in [0.15, 0.2) is 0 Å². The summed E-state index contributed by atoms with van der Waals surface area (Å²) in [6.45, 7) is 5.29. The average molecular weight is 280 g/mol. The summed E-state index contributed by atoms with van der Waals surface area (Å²) in [5.74, 6) is 2.89. The number of aromatic nitrogens is 2. The van der Waals surface area contributed by atoms with E-state index in [1.165, 1.54) is 25.0 Å². The van der Waals surface area contributed by atoms with E-state index in [1.807, 2.05) is 12.3 Å². The maximum Gasteiger partial charge on any atom is 0.224 e. The number of nitrogens with one attached hydrogen (secondary N) is 2. The zero-order chi connectivity index (χ0) is 13.5. The highest BCUT2D eigenvalue weighted by Gasteiger charge is 2.24. The lowest BCUT2D eigenvalue weighted by Crippen LogP contribution is -2.17. The van der Waals surface area contributed by atoms with Crippen molar-refractivity contribution in [3.05, 3.63) is 12.3 Å².